The molecule has 0 saturated carbocycles. The number of alkyl halides is 1. The average Bonchev–Trinajstić information content (AvgIpc) is 2.50. The molecule has 0 radical (unpaired) electrons. The van der Waals surface area contributed by atoms with Crippen LogP contribution in [0.25, 0.3) is 0 Å². The molecule has 1 amide bonds. The van der Waals surface area contributed by atoms with Crippen LogP contribution in [0.5, 0.6) is 0 Å². The van der Waals surface area contributed by atoms with Crippen molar-refractivity contribution in [2.24, 2.45) is 11.8 Å². The average molecular weight is 262 g/mol. The molecule has 100 valence electrons. The fourth-order valence-corrected chi connectivity index (χ4v) is 2.67. The highest BCUT2D eigenvalue weighted by Gasteiger charge is 2.41. The number of rotatable bonds is 5. The molecule has 0 aromatic carbocycles. The van der Waals surface area contributed by atoms with Gasteiger partial charge in [0.15, 0.2) is 0 Å². The summed E-state index contributed by atoms with van der Waals surface area (Å²) in [6, 6.07) is 0.191. The van der Waals surface area contributed by atoms with Crippen LogP contribution in [0.3, 0.4) is 0 Å². The van der Waals surface area contributed by atoms with Gasteiger partial charge in [0, 0.05) is 11.9 Å². The summed E-state index contributed by atoms with van der Waals surface area (Å²) in [6.07, 6.45) is 2.05. The highest BCUT2D eigenvalue weighted by Crippen LogP contribution is 2.32. The molecule has 1 aliphatic rings. The Balaban J connectivity index is 2.47. The molecular formula is C13H24ClNO2. The van der Waals surface area contributed by atoms with E-state index >= 15 is 0 Å². The standard InChI is InChI=1S/C13H24ClNO2/c1-8(6-5-7-14)15-13(16)12-9(2)10(3)17-11(12)4/h8-12H,5-7H2,1-4H3,(H,15,16). The molecule has 0 aromatic heterocycles. The van der Waals surface area contributed by atoms with E-state index in [4.69, 9.17) is 16.3 Å². The molecular weight excluding hydrogens is 238 g/mol. The first-order chi connectivity index (χ1) is 7.97. The van der Waals surface area contributed by atoms with Gasteiger partial charge in [-0.25, -0.2) is 0 Å². The van der Waals surface area contributed by atoms with Crippen molar-refractivity contribution in [2.75, 3.05) is 5.88 Å². The van der Waals surface area contributed by atoms with E-state index in [1.54, 1.807) is 0 Å². The molecule has 4 heteroatoms. The zero-order valence-electron chi connectivity index (χ0n) is 11.2. The summed E-state index contributed by atoms with van der Waals surface area (Å²) < 4.78 is 5.69. The molecule has 5 atom stereocenters. The number of carbonyl (C=O) groups is 1. The lowest BCUT2D eigenvalue weighted by atomic mass is 9.88. The van der Waals surface area contributed by atoms with Crippen molar-refractivity contribution in [3.8, 4) is 0 Å². The fourth-order valence-electron chi connectivity index (χ4n) is 2.51. The van der Waals surface area contributed by atoms with Crippen molar-refractivity contribution in [1.29, 1.82) is 0 Å². The van der Waals surface area contributed by atoms with Crippen molar-refractivity contribution >= 4 is 17.5 Å². The Hall–Kier alpha value is -0.280. The number of amides is 1. The van der Waals surface area contributed by atoms with E-state index in [-0.39, 0.29) is 36.0 Å². The SMILES string of the molecule is CC(CCCCl)NC(=O)C1C(C)OC(C)C1C. The van der Waals surface area contributed by atoms with E-state index in [0.29, 0.717) is 5.88 Å². The Morgan fingerprint density at radius 3 is 2.47 bits per heavy atom. The quantitative estimate of drug-likeness (QED) is 0.773. The highest BCUT2D eigenvalue weighted by atomic mass is 35.5. The number of nitrogens with one attached hydrogen (secondary N) is 1. The van der Waals surface area contributed by atoms with Gasteiger partial charge in [-0.1, -0.05) is 6.92 Å². The minimum atomic E-state index is -0.0246. The number of carbonyl (C=O) groups excluding carboxylic acids is 1. The lowest BCUT2D eigenvalue weighted by Gasteiger charge is -2.21. The number of halogens is 1. The van der Waals surface area contributed by atoms with Crippen molar-refractivity contribution in [3.05, 3.63) is 0 Å². The summed E-state index contributed by atoms with van der Waals surface area (Å²) in [5.74, 6) is 1.03. The van der Waals surface area contributed by atoms with Crippen molar-refractivity contribution in [1.82, 2.24) is 5.32 Å². The minimum absolute atomic E-state index is 0.0141. The van der Waals surface area contributed by atoms with Gasteiger partial charge in [0.05, 0.1) is 18.1 Å². The number of ether oxygens (including phenoxy) is 1. The van der Waals surface area contributed by atoms with Gasteiger partial charge >= 0.3 is 0 Å². The zero-order valence-corrected chi connectivity index (χ0v) is 12.0. The van der Waals surface area contributed by atoms with Crippen molar-refractivity contribution in [2.45, 2.75) is 58.8 Å². The molecule has 0 aliphatic carbocycles. The van der Waals surface area contributed by atoms with E-state index in [0.717, 1.165) is 12.8 Å². The third-order valence-corrected chi connectivity index (χ3v) is 3.97. The second-order valence-electron chi connectivity index (χ2n) is 5.17. The van der Waals surface area contributed by atoms with Crippen LogP contribution in [0, 0.1) is 11.8 Å². The lowest BCUT2D eigenvalue weighted by Crippen LogP contribution is -2.41. The predicted molar refractivity (Wildman–Crippen MR) is 70.2 cm³/mol. The van der Waals surface area contributed by atoms with Gasteiger partial charge in [-0.15, -0.1) is 11.6 Å². The summed E-state index contributed by atoms with van der Waals surface area (Å²) in [5, 5.41) is 3.06. The van der Waals surface area contributed by atoms with Gasteiger partial charge in [0.25, 0.3) is 0 Å². The molecule has 1 rings (SSSR count). The fraction of sp³-hybridized carbons (Fsp3) is 0.923. The van der Waals surface area contributed by atoms with Gasteiger partial charge in [0.1, 0.15) is 0 Å². The minimum Gasteiger partial charge on any atom is -0.374 e. The van der Waals surface area contributed by atoms with Gasteiger partial charge in [-0.3, -0.25) is 4.79 Å². The van der Waals surface area contributed by atoms with Crippen LogP contribution in [-0.4, -0.2) is 30.0 Å². The molecule has 0 bridgehead atoms. The maximum Gasteiger partial charge on any atom is 0.226 e. The third-order valence-electron chi connectivity index (χ3n) is 3.70. The molecule has 0 aromatic rings. The molecule has 5 unspecified atom stereocenters. The molecule has 3 nitrogen and oxygen atoms in total. The Morgan fingerprint density at radius 1 is 1.35 bits per heavy atom. The van der Waals surface area contributed by atoms with Crippen LogP contribution in [-0.2, 0) is 9.53 Å². The monoisotopic (exact) mass is 261 g/mol. The second kappa shape index (κ2) is 6.60. The number of hydrogen-bond acceptors (Lipinski definition) is 2. The van der Waals surface area contributed by atoms with Crippen LogP contribution < -0.4 is 5.32 Å². The highest BCUT2D eigenvalue weighted by molar-refractivity contribution is 6.17. The second-order valence-corrected chi connectivity index (χ2v) is 5.55. The Labute approximate surface area is 109 Å². The van der Waals surface area contributed by atoms with Crippen molar-refractivity contribution in [3.63, 3.8) is 0 Å². The first kappa shape index (κ1) is 14.8. The maximum absolute atomic E-state index is 12.2. The van der Waals surface area contributed by atoms with Gasteiger partial charge in [-0.2, -0.15) is 0 Å². The molecule has 17 heavy (non-hydrogen) atoms. The molecule has 1 heterocycles. The van der Waals surface area contributed by atoms with E-state index in [1.165, 1.54) is 0 Å². The maximum atomic E-state index is 12.2. The Bertz CT molecular complexity index is 260. The van der Waals surface area contributed by atoms with Crippen LogP contribution in [0.4, 0.5) is 0 Å². The Kier molecular flexibility index (Phi) is 5.74. The molecule has 0 spiro atoms. The van der Waals surface area contributed by atoms with Crippen LogP contribution in [0.15, 0.2) is 0 Å². The summed E-state index contributed by atoms with van der Waals surface area (Å²) >= 11 is 5.64. The van der Waals surface area contributed by atoms with E-state index in [9.17, 15) is 4.79 Å². The Morgan fingerprint density at radius 2 is 2.00 bits per heavy atom. The molecule has 1 fully saturated rings. The molecule has 1 aliphatic heterocycles. The summed E-state index contributed by atoms with van der Waals surface area (Å²) in [7, 11) is 0. The third kappa shape index (κ3) is 3.85. The predicted octanol–water partition coefficient (Wildman–Crippen LogP) is 2.57. The van der Waals surface area contributed by atoms with E-state index < -0.39 is 0 Å². The topological polar surface area (TPSA) is 38.3 Å². The van der Waals surface area contributed by atoms with Crippen molar-refractivity contribution < 1.29 is 9.53 Å². The van der Waals surface area contributed by atoms with Crippen LogP contribution in [0.1, 0.15) is 40.5 Å². The van der Waals surface area contributed by atoms with E-state index in [1.807, 2.05) is 20.8 Å². The van der Waals surface area contributed by atoms with E-state index in [2.05, 4.69) is 12.2 Å². The largest absolute Gasteiger partial charge is 0.374 e. The molecule has 1 N–H and O–H groups in total. The first-order valence-corrected chi connectivity index (χ1v) is 7.02. The summed E-state index contributed by atoms with van der Waals surface area (Å²) in [4.78, 5) is 12.2. The first-order valence-electron chi connectivity index (χ1n) is 6.49. The van der Waals surface area contributed by atoms with Crippen LogP contribution >= 0.6 is 11.6 Å². The van der Waals surface area contributed by atoms with Crippen LogP contribution in [0.2, 0.25) is 0 Å². The van der Waals surface area contributed by atoms with Gasteiger partial charge in [0.2, 0.25) is 5.91 Å². The summed E-state index contributed by atoms with van der Waals surface area (Å²) in [6.45, 7) is 8.12. The number of hydrogen-bond donors (Lipinski definition) is 1. The smallest absolute Gasteiger partial charge is 0.226 e. The zero-order chi connectivity index (χ0) is 13.0. The van der Waals surface area contributed by atoms with Gasteiger partial charge < -0.3 is 10.1 Å². The lowest BCUT2D eigenvalue weighted by molar-refractivity contribution is -0.127. The normalized spacial score (nSPS) is 34.6. The van der Waals surface area contributed by atoms with Gasteiger partial charge in [-0.05, 0) is 39.5 Å². The summed E-state index contributed by atoms with van der Waals surface area (Å²) in [5.41, 5.74) is 0. The molecule has 1 saturated heterocycles.